The van der Waals surface area contributed by atoms with E-state index in [0.29, 0.717) is 17.6 Å². The monoisotopic (exact) mass is 554 g/mol. The number of nitrogens with zero attached hydrogens (tertiary/aromatic N) is 2. The Morgan fingerprint density at radius 3 is 2.75 bits per heavy atom. The molecular formula is C30H40BFN2O6. The second-order valence-corrected chi connectivity index (χ2v) is 12.9. The Bertz CT molecular complexity index is 1240. The molecule has 1 aromatic carbocycles. The largest absolute Gasteiger partial charge is 0.482 e. The fourth-order valence-corrected chi connectivity index (χ4v) is 8.18. The Balaban J connectivity index is 1.44. The normalized spacial score (nSPS) is 40.5. The van der Waals surface area contributed by atoms with Gasteiger partial charge >= 0.3 is 13.0 Å². The van der Waals surface area contributed by atoms with Crippen molar-refractivity contribution in [1.82, 2.24) is 4.92 Å². The summed E-state index contributed by atoms with van der Waals surface area (Å²) in [7, 11) is 0.715. The second-order valence-electron chi connectivity index (χ2n) is 12.9. The molecule has 1 heterocycles. The molecular weight excluding hydrogens is 514 g/mol. The van der Waals surface area contributed by atoms with E-state index in [9.17, 15) is 19.7 Å². The SMILES string of the molecule is C=C[C@]1(C)C[C@@H](OC(=O)COc2ccc3c(c2)B(O)N(C)N=C3)[C@]2(C)[C@H](C)CC[C@]3(C[C@H](F)C(=O)[C@H]32)[C@@H](C)[C@@H]1O. The maximum absolute atomic E-state index is 15.3. The molecule has 40 heavy (non-hydrogen) atoms. The van der Waals surface area contributed by atoms with E-state index in [1.54, 1.807) is 37.5 Å². The molecule has 0 radical (unpaired) electrons. The van der Waals surface area contributed by atoms with E-state index in [-0.39, 0.29) is 31.3 Å². The number of esters is 1. The van der Waals surface area contributed by atoms with Crippen LogP contribution in [0.5, 0.6) is 5.75 Å². The molecule has 0 saturated heterocycles. The van der Waals surface area contributed by atoms with Crippen molar-refractivity contribution in [1.29, 1.82) is 0 Å². The molecule has 1 aromatic rings. The van der Waals surface area contributed by atoms with Crippen LogP contribution in [0, 0.1) is 34.0 Å². The van der Waals surface area contributed by atoms with Crippen LogP contribution in [0.4, 0.5) is 4.39 Å². The lowest BCUT2D eigenvalue weighted by Crippen LogP contribution is -2.63. The molecule has 2 bridgehead atoms. The van der Waals surface area contributed by atoms with Gasteiger partial charge in [0.15, 0.2) is 18.6 Å². The lowest BCUT2D eigenvalue weighted by molar-refractivity contribution is -0.207. The highest BCUT2D eigenvalue weighted by Gasteiger charge is 2.70. The molecule has 8 nitrogen and oxygen atoms in total. The maximum Gasteiger partial charge on any atom is 0.466 e. The first-order chi connectivity index (χ1) is 18.8. The van der Waals surface area contributed by atoms with Gasteiger partial charge in [0.05, 0.1) is 12.3 Å². The van der Waals surface area contributed by atoms with Gasteiger partial charge in [-0.25, -0.2) is 9.18 Å². The number of aliphatic hydroxyl groups excluding tert-OH is 1. The highest BCUT2D eigenvalue weighted by atomic mass is 19.1. The first-order valence-electron chi connectivity index (χ1n) is 14.2. The van der Waals surface area contributed by atoms with Crippen molar-refractivity contribution in [2.24, 2.45) is 39.1 Å². The van der Waals surface area contributed by atoms with Gasteiger partial charge in [-0.2, -0.15) is 5.10 Å². The zero-order valence-electron chi connectivity index (χ0n) is 24.0. The standard InChI is InChI=1S/C30H40BFN2O6/c1-7-28(4)14-23(40-24(35)16-39-20-9-8-19-15-33-34(6)31(38)21(19)12-20)29(5)17(2)10-11-30(18(3)27(28)37)13-22(32)25(36)26(29)30/h7-9,12,15,17-18,22-23,26-27,37-38H,1,10-11,13-14,16H2,2-6H3/t17-,18+,22+,23-,26+,27+,28-,29+,30+/m1/s1. The van der Waals surface area contributed by atoms with Crippen LogP contribution in [-0.2, 0) is 14.3 Å². The number of hydrogen-bond acceptors (Lipinski definition) is 8. The molecule has 9 atom stereocenters. The fourth-order valence-electron chi connectivity index (χ4n) is 8.18. The fraction of sp³-hybridized carbons (Fsp3) is 0.633. The van der Waals surface area contributed by atoms with Gasteiger partial charge in [0.25, 0.3) is 0 Å². The molecule has 10 heteroatoms. The molecule has 3 fully saturated rings. The molecule has 0 spiro atoms. The van der Waals surface area contributed by atoms with Crippen LogP contribution in [0.15, 0.2) is 36.0 Å². The summed E-state index contributed by atoms with van der Waals surface area (Å²) in [5.41, 5.74) is -1.01. The molecule has 4 aliphatic rings. The van der Waals surface area contributed by atoms with Gasteiger partial charge in [-0.1, -0.05) is 39.8 Å². The van der Waals surface area contributed by atoms with Crippen LogP contribution >= 0.6 is 0 Å². The minimum absolute atomic E-state index is 0.0177. The van der Waals surface area contributed by atoms with E-state index in [1.807, 2.05) is 27.7 Å². The summed E-state index contributed by atoms with van der Waals surface area (Å²) in [6.07, 6.45) is 1.81. The first kappa shape index (κ1) is 28.8. The van der Waals surface area contributed by atoms with Crippen molar-refractivity contribution in [3.63, 3.8) is 0 Å². The third kappa shape index (κ3) is 4.21. The van der Waals surface area contributed by atoms with Gasteiger partial charge in [-0.3, -0.25) is 4.79 Å². The van der Waals surface area contributed by atoms with Gasteiger partial charge in [0, 0.05) is 23.8 Å². The number of Topliss-reactive ketones (excluding diaryl/α,β-unsaturated/α-hetero) is 1. The molecule has 0 amide bonds. The maximum atomic E-state index is 15.3. The Morgan fingerprint density at radius 2 is 2.05 bits per heavy atom. The van der Waals surface area contributed by atoms with E-state index in [2.05, 4.69) is 11.7 Å². The van der Waals surface area contributed by atoms with Gasteiger partial charge < -0.3 is 24.5 Å². The summed E-state index contributed by atoms with van der Waals surface area (Å²) in [5.74, 6) is -1.69. The Hall–Kier alpha value is -2.72. The zero-order chi connectivity index (χ0) is 29.2. The predicted molar refractivity (Wildman–Crippen MR) is 150 cm³/mol. The summed E-state index contributed by atoms with van der Waals surface area (Å²) in [4.78, 5) is 28.2. The van der Waals surface area contributed by atoms with Gasteiger partial charge in [0.1, 0.15) is 11.9 Å². The molecule has 0 unspecified atom stereocenters. The minimum Gasteiger partial charge on any atom is -0.482 e. The Kier molecular flexibility index (Phi) is 7.18. The summed E-state index contributed by atoms with van der Waals surface area (Å²) >= 11 is 0. The van der Waals surface area contributed by atoms with Crippen LogP contribution < -0.4 is 10.2 Å². The third-order valence-corrected chi connectivity index (χ3v) is 11.0. The molecule has 5 rings (SSSR count). The van der Waals surface area contributed by atoms with Gasteiger partial charge in [0.2, 0.25) is 0 Å². The summed E-state index contributed by atoms with van der Waals surface area (Å²) in [6, 6.07) is 5.11. The van der Waals surface area contributed by atoms with E-state index in [4.69, 9.17) is 9.47 Å². The quantitative estimate of drug-likeness (QED) is 0.328. The number of halogens is 1. The van der Waals surface area contributed by atoms with Crippen molar-refractivity contribution < 1.29 is 33.6 Å². The highest BCUT2D eigenvalue weighted by molar-refractivity contribution is 6.65. The Morgan fingerprint density at radius 1 is 1.32 bits per heavy atom. The average molecular weight is 554 g/mol. The van der Waals surface area contributed by atoms with Gasteiger partial charge in [-0.15, -0.1) is 6.58 Å². The number of carbonyl (C=O) groups excluding carboxylic acids is 2. The number of ketones is 1. The number of benzene rings is 1. The number of ether oxygens (including phenoxy) is 2. The predicted octanol–water partition coefficient (Wildman–Crippen LogP) is 2.89. The lowest BCUT2D eigenvalue weighted by Gasteiger charge is -2.61. The van der Waals surface area contributed by atoms with Crippen LogP contribution in [-0.4, -0.2) is 72.1 Å². The lowest BCUT2D eigenvalue weighted by atomic mass is 9.44. The number of carbonyl (C=O) groups is 2. The van der Waals surface area contributed by atoms with E-state index in [0.717, 1.165) is 12.0 Å². The van der Waals surface area contributed by atoms with E-state index < -0.39 is 59.3 Å². The molecule has 2 N–H and O–H groups in total. The summed E-state index contributed by atoms with van der Waals surface area (Å²) < 4.78 is 27.2. The molecule has 3 aliphatic carbocycles. The number of rotatable bonds is 5. The number of hydrazone groups is 1. The van der Waals surface area contributed by atoms with Crippen molar-refractivity contribution in [2.45, 2.75) is 71.8 Å². The molecule has 0 aromatic heterocycles. The van der Waals surface area contributed by atoms with Crippen LogP contribution in [0.1, 0.15) is 58.9 Å². The summed E-state index contributed by atoms with van der Waals surface area (Å²) in [5, 5.41) is 26.2. The second kappa shape index (κ2) is 9.98. The number of aliphatic hydroxyl groups is 1. The molecule has 1 aliphatic heterocycles. The molecule has 3 saturated carbocycles. The van der Waals surface area contributed by atoms with Crippen molar-refractivity contribution in [2.75, 3.05) is 13.7 Å². The van der Waals surface area contributed by atoms with Crippen molar-refractivity contribution in [3.8, 4) is 5.75 Å². The topological polar surface area (TPSA) is 109 Å². The smallest absolute Gasteiger partial charge is 0.466 e. The zero-order valence-corrected chi connectivity index (χ0v) is 24.0. The Labute approximate surface area is 235 Å². The van der Waals surface area contributed by atoms with Crippen molar-refractivity contribution >= 4 is 30.5 Å². The van der Waals surface area contributed by atoms with E-state index in [1.165, 1.54) is 4.92 Å². The van der Waals surface area contributed by atoms with Crippen LogP contribution in [0.3, 0.4) is 0 Å². The minimum atomic E-state index is -1.60. The third-order valence-electron chi connectivity index (χ3n) is 11.0. The average Bonchev–Trinajstić information content (AvgIpc) is 3.21. The first-order valence-corrected chi connectivity index (χ1v) is 14.2. The number of hydrogen-bond donors (Lipinski definition) is 2. The van der Waals surface area contributed by atoms with E-state index >= 15 is 4.39 Å². The van der Waals surface area contributed by atoms with Crippen LogP contribution in [0.25, 0.3) is 0 Å². The van der Waals surface area contributed by atoms with Crippen LogP contribution in [0.2, 0.25) is 0 Å². The number of fused-ring (bicyclic) bond motifs is 1. The summed E-state index contributed by atoms with van der Waals surface area (Å²) in [6.45, 7) is 11.4. The van der Waals surface area contributed by atoms with Crippen molar-refractivity contribution in [3.05, 3.63) is 36.4 Å². The number of alkyl halides is 1. The highest BCUT2D eigenvalue weighted by Crippen LogP contribution is 2.68. The molecule has 216 valence electrons. The van der Waals surface area contributed by atoms with Gasteiger partial charge in [-0.05, 0) is 66.1 Å².